The minimum atomic E-state index is 0.923. The van der Waals surface area contributed by atoms with Crippen LogP contribution in [0.25, 0.3) is 9.88 Å². The topological polar surface area (TPSA) is 24.9 Å². The SMILES string of the molecule is CCNCc1sc(-c2ccc(Br)s2)nc1C. The molecule has 2 heterocycles. The molecule has 2 aromatic heterocycles. The summed E-state index contributed by atoms with van der Waals surface area (Å²) < 4.78 is 1.16. The average molecular weight is 317 g/mol. The van der Waals surface area contributed by atoms with E-state index in [-0.39, 0.29) is 0 Å². The van der Waals surface area contributed by atoms with E-state index in [1.165, 1.54) is 9.75 Å². The van der Waals surface area contributed by atoms with Gasteiger partial charge in [-0.2, -0.15) is 0 Å². The molecule has 0 amide bonds. The minimum absolute atomic E-state index is 0.923. The molecule has 0 aliphatic heterocycles. The first kappa shape index (κ1) is 12.2. The molecule has 0 aliphatic carbocycles. The molecule has 0 radical (unpaired) electrons. The van der Waals surface area contributed by atoms with Gasteiger partial charge < -0.3 is 5.32 Å². The number of nitrogens with zero attached hydrogens (tertiary/aromatic N) is 1. The molecule has 0 saturated heterocycles. The van der Waals surface area contributed by atoms with Crippen molar-refractivity contribution in [2.24, 2.45) is 0 Å². The fourth-order valence-electron chi connectivity index (χ4n) is 1.37. The molecule has 16 heavy (non-hydrogen) atoms. The number of thiazole rings is 1. The Hall–Kier alpha value is -0.230. The van der Waals surface area contributed by atoms with E-state index in [1.807, 2.05) is 0 Å². The van der Waals surface area contributed by atoms with Crippen LogP contribution >= 0.6 is 38.6 Å². The predicted octanol–water partition coefficient (Wildman–Crippen LogP) is 4.05. The fraction of sp³-hybridized carbons (Fsp3) is 0.364. The van der Waals surface area contributed by atoms with Crippen LogP contribution in [0.3, 0.4) is 0 Å². The van der Waals surface area contributed by atoms with Gasteiger partial charge in [-0.3, -0.25) is 0 Å². The first-order valence-electron chi connectivity index (χ1n) is 5.13. The molecule has 0 fully saturated rings. The third-order valence-electron chi connectivity index (χ3n) is 2.21. The van der Waals surface area contributed by atoms with Gasteiger partial charge in [0.15, 0.2) is 0 Å². The normalized spacial score (nSPS) is 10.9. The lowest BCUT2D eigenvalue weighted by Crippen LogP contribution is -2.11. The highest BCUT2D eigenvalue weighted by Crippen LogP contribution is 2.34. The molecule has 0 saturated carbocycles. The zero-order valence-electron chi connectivity index (χ0n) is 9.21. The summed E-state index contributed by atoms with van der Waals surface area (Å²) in [6, 6.07) is 4.19. The summed E-state index contributed by atoms with van der Waals surface area (Å²) >= 11 is 6.99. The summed E-state index contributed by atoms with van der Waals surface area (Å²) in [7, 11) is 0. The van der Waals surface area contributed by atoms with Crippen molar-refractivity contribution in [1.29, 1.82) is 0 Å². The second-order valence-electron chi connectivity index (χ2n) is 3.41. The second kappa shape index (κ2) is 5.40. The second-order valence-corrected chi connectivity index (χ2v) is 6.96. The minimum Gasteiger partial charge on any atom is -0.312 e. The van der Waals surface area contributed by atoms with Crippen LogP contribution in [0.5, 0.6) is 0 Å². The number of aryl methyl sites for hydroxylation is 1. The largest absolute Gasteiger partial charge is 0.312 e. The van der Waals surface area contributed by atoms with E-state index >= 15 is 0 Å². The maximum absolute atomic E-state index is 4.62. The molecule has 2 aromatic rings. The lowest BCUT2D eigenvalue weighted by atomic mass is 10.4. The quantitative estimate of drug-likeness (QED) is 0.920. The van der Waals surface area contributed by atoms with Crippen LogP contribution in [0, 0.1) is 6.92 Å². The van der Waals surface area contributed by atoms with Gasteiger partial charge in [-0.25, -0.2) is 4.98 Å². The van der Waals surface area contributed by atoms with Gasteiger partial charge >= 0.3 is 0 Å². The van der Waals surface area contributed by atoms with Gasteiger partial charge in [0.05, 0.1) is 14.4 Å². The summed E-state index contributed by atoms with van der Waals surface area (Å²) in [5.74, 6) is 0. The first-order chi connectivity index (χ1) is 7.70. The predicted molar refractivity (Wildman–Crippen MR) is 75.2 cm³/mol. The Bertz CT molecular complexity index is 476. The highest BCUT2D eigenvalue weighted by Gasteiger charge is 2.10. The van der Waals surface area contributed by atoms with Crippen molar-refractivity contribution >= 4 is 38.6 Å². The molecular weight excluding hydrogens is 304 g/mol. The van der Waals surface area contributed by atoms with Gasteiger partial charge in [0.1, 0.15) is 5.01 Å². The van der Waals surface area contributed by atoms with E-state index in [9.17, 15) is 0 Å². The van der Waals surface area contributed by atoms with E-state index in [0.29, 0.717) is 0 Å². The van der Waals surface area contributed by atoms with Gasteiger partial charge in [0.2, 0.25) is 0 Å². The van der Waals surface area contributed by atoms with Crippen LogP contribution in [0.1, 0.15) is 17.5 Å². The third-order valence-corrected chi connectivity index (χ3v) is 5.16. The summed E-state index contributed by atoms with van der Waals surface area (Å²) in [5, 5.41) is 4.47. The molecule has 2 rings (SSSR count). The van der Waals surface area contributed by atoms with Crippen LogP contribution in [0.2, 0.25) is 0 Å². The maximum atomic E-state index is 4.62. The summed E-state index contributed by atoms with van der Waals surface area (Å²) in [5.41, 5.74) is 1.14. The molecule has 0 spiro atoms. The van der Waals surface area contributed by atoms with Crippen molar-refractivity contribution in [3.05, 3.63) is 26.5 Å². The Labute approximate surface area is 112 Å². The van der Waals surface area contributed by atoms with Crippen molar-refractivity contribution < 1.29 is 0 Å². The molecule has 0 aromatic carbocycles. The Morgan fingerprint density at radius 2 is 2.19 bits per heavy atom. The van der Waals surface area contributed by atoms with E-state index in [0.717, 1.165) is 27.6 Å². The molecule has 1 N–H and O–H groups in total. The lowest BCUT2D eigenvalue weighted by Gasteiger charge is -1.97. The smallest absolute Gasteiger partial charge is 0.133 e. The number of nitrogens with one attached hydrogen (secondary N) is 1. The monoisotopic (exact) mass is 316 g/mol. The molecule has 0 unspecified atom stereocenters. The molecule has 0 atom stereocenters. The van der Waals surface area contributed by atoms with Crippen molar-refractivity contribution in [2.45, 2.75) is 20.4 Å². The van der Waals surface area contributed by atoms with Crippen LogP contribution in [0.4, 0.5) is 0 Å². The van der Waals surface area contributed by atoms with Gasteiger partial charge in [-0.15, -0.1) is 22.7 Å². The Morgan fingerprint density at radius 3 is 2.81 bits per heavy atom. The van der Waals surface area contributed by atoms with Crippen molar-refractivity contribution in [1.82, 2.24) is 10.3 Å². The molecule has 0 aliphatic rings. The molecular formula is C11H13BrN2S2. The molecule has 86 valence electrons. The number of rotatable bonds is 4. The van der Waals surface area contributed by atoms with Crippen LogP contribution in [0.15, 0.2) is 15.9 Å². The van der Waals surface area contributed by atoms with Crippen LogP contribution in [-0.4, -0.2) is 11.5 Å². The highest BCUT2D eigenvalue weighted by molar-refractivity contribution is 9.11. The van der Waals surface area contributed by atoms with E-state index in [2.05, 4.69) is 52.2 Å². The lowest BCUT2D eigenvalue weighted by molar-refractivity contribution is 0.731. The Kier molecular flexibility index (Phi) is 4.13. The highest BCUT2D eigenvalue weighted by atomic mass is 79.9. The number of halogens is 1. The first-order valence-corrected chi connectivity index (χ1v) is 7.56. The van der Waals surface area contributed by atoms with Crippen molar-refractivity contribution in [2.75, 3.05) is 6.54 Å². The van der Waals surface area contributed by atoms with E-state index in [4.69, 9.17) is 0 Å². The Morgan fingerprint density at radius 1 is 1.38 bits per heavy atom. The fourth-order valence-corrected chi connectivity index (χ4v) is 3.84. The third kappa shape index (κ3) is 2.71. The zero-order chi connectivity index (χ0) is 11.5. The Balaban J connectivity index is 2.23. The van der Waals surface area contributed by atoms with Crippen molar-refractivity contribution in [3.63, 3.8) is 0 Å². The summed E-state index contributed by atoms with van der Waals surface area (Å²) in [6.45, 7) is 6.12. The van der Waals surface area contributed by atoms with Gasteiger partial charge in [-0.05, 0) is 41.5 Å². The zero-order valence-corrected chi connectivity index (χ0v) is 12.4. The van der Waals surface area contributed by atoms with Gasteiger partial charge in [0.25, 0.3) is 0 Å². The van der Waals surface area contributed by atoms with Crippen LogP contribution < -0.4 is 5.32 Å². The maximum Gasteiger partial charge on any atom is 0.133 e. The number of thiophene rings is 1. The van der Waals surface area contributed by atoms with Gasteiger partial charge in [-0.1, -0.05) is 6.92 Å². The summed E-state index contributed by atoms with van der Waals surface area (Å²) in [4.78, 5) is 7.19. The number of hydrogen-bond acceptors (Lipinski definition) is 4. The molecule has 0 bridgehead atoms. The van der Waals surface area contributed by atoms with E-state index < -0.39 is 0 Å². The standard InChI is InChI=1S/C11H13BrN2S2/c1-3-13-6-9-7(2)14-11(16-9)8-4-5-10(12)15-8/h4-5,13H,3,6H2,1-2H3. The van der Waals surface area contributed by atoms with Crippen LogP contribution in [-0.2, 0) is 6.54 Å². The average Bonchev–Trinajstić information content (AvgIpc) is 2.82. The molecule has 2 nitrogen and oxygen atoms in total. The van der Waals surface area contributed by atoms with Gasteiger partial charge in [0, 0.05) is 11.4 Å². The van der Waals surface area contributed by atoms with E-state index in [1.54, 1.807) is 22.7 Å². The molecule has 5 heteroatoms. The van der Waals surface area contributed by atoms with Crippen molar-refractivity contribution in [3.8, 4) is 9.88 Å². The number of hydrogen-bond donors (Lipinski definition) is 1. The summed E-state index contributed by atoms with van der Waals surface area (Å²) in [6.07, 6.45) is 0. The number of aromatic nitrogens is 1.